The highest BCUT2D eigenvalue weighted by Gasteiger charge is 2.45. The number of carbonyl (C=O) groups is 6. The molecule has 2 N–H and O–H groups in total. The number of hydrogen-bond donors (Lipinski definition) is 2. The Labute approximate surface area is 255 Å². The molecule has 2 rings (SSSR count). The van der Waals surface area contributed by atoms with Gasteiger partial charge in [-0.15, -0.1) is 6.58 Å². The highest BCUT2D eigenvalue weighted by molar-refractivity contribution is 5.96. The largest absolute Gasteiger partial charge is 0.452 e. The second kappa shape index (κ2) is 15.9. The lowest BCUT2D eigenvalue weighted by molar-refractivity contribution is -0.161. The first-order valence-electron chi connectivity index (χ1n) is 15.4. The topological polar surface area (TPSA) is 145 Å². The minimum Gasteiger partial charge on any atom is -0.452 e. The zero-order valence-electron chi connectivity index (χ0n) is 27.1. The number of ether oxygens (including phenoxy) is 1. The molecule has 2 aliphatic rings. The summed E-state index contributed by atoms with van der Waals surface area (Å²) < 4.78 is 5.50. The van der Waals surface area contributed by atoms with E-state index in [0.29, 0.717) is 19.3 Å². The highest BCUT2D eigenvalue weighted by atomic mass is 16.5. The zero-order chi connectivity index (χ0) is 32.6. The van der Waals surface area contributed by atoms with Gasteiger partial charge in [0, 0.05) is 33.6 Å². The van der Waals surface area contributed by atoms with Crippen LogP contribution in [-0.2, 0) is 33.5 Å². The Balaban J connectivity index is 2.59. The molecule has 5 amide bonds. The molecule has 2 aliphatic heterocycles. The average molecular weight is 606 g/mol. The van der Waals surface area contributed by atoms with Crippen LogP contribution in [0.5, 0.6) is 0 Å². The average Bonchev–Trinajstić information content (AvgIpc) is 3.37. The van der Waals surface area contributed by atoms with Crippen molar-refractivity contribution in [1.82, 2.24) is 25.3 Å². The number of likely N-dealkylation sites (N-methyl/N-ethyl adjacent to an activating group) is 2. The normalized spacial score (nSPS) is 30.4. The van der Waals surface area contributed by atoms with Crippen LogP contribution in [0.4, 0.5) is 0 Å². The standard InChI is InChI=1S/C31H51N5O7/c1-10-13-22-29(40)36-17-15-20(6)25(36)28(39)33-24(18(4)11-2)30(41)35(9)26(19(5)12-3)31(42)34(8)21(7)27(38)32-16-14-23(37)43-22/h10,18-22,24-26H,1,11-17H2,2-9H3,(H,32,38)(H,33,39)/t18-,19-,20?,21-,22+,24-,25-,26?/m0/s1. The Kier molecular flexibility index (Phi) is 13.2. The van der Waals surface area contributed by atoms with Gasteiger partial charge in [0.15, 0.2) is 6.10 Å². The van der Waals surface area contributed by atoms with Gasteiger partial charge in [-0.2, -0.15) is 0 Å². The third kappa shape index (κ3) is 8.35. The number of nitrogens with one attached hydrogen (secondary N) is 2. The first-order valence-corrected chi connectivity index (χ1v) is 15.4. The summed E-state index contributed by atoms with van der Waals surface area (Å²) in [6, 6.07) is -3.61. The van der Waals surface area contributed by atoms with Crippen LogP contribution in [0.3, 0.4) is 0 Å². The van der Waals surface area contributed by atoms with Crippen LogP contribution in [0, 0.1) is 17.8 Å². The van der Waals surface area contributed by atoms with Crippen molar-refractivity contribution in [2.75, 3.05) is 27.2 Å². The van der Waals surface area contributed by atoms with Gasteiger partial charge in [0.25, 0.3) is 5.91 Å². The van der Waals surface area contributed by atoms with E-state index in [4.69, 9.17) is 4.74 Å². The maximum absolute atomic E-state index is 14.1. The molecular formula is C31H51N5O7. The molecule has 0 aromatic rings. The first kappa shape index (κ1) is 35.8. The summed E-state index contributed by atoms with van der Waals surface area (Å²) in [6.45, 7) is 14.9. The number of cyclic esters (lactones) is 1. The van der Waals surface area contributed by atoms with Crippen molar-refractivity contribution in [2.24, 2.45) is 17.8 Å². The summed E-state index contributed by atoms with van der Waals surface area (Å²) >= 11 is 0. The first-order chi connectivity index (χ1) is 20.2. The van der Waals surface area contributed by atoms with Crippen LogP contribution < -0.4 is 10.6 Å². The van der Waals surface area contributed by atoms with Crippen molar-refractivity contribution < 1.29 is 33.5 Å². The molecule has 12 heteroatoms. The fourth-order valence-electron chi connectivity index (χ4n) is 5.65. The van der Waals surface area contributed by atoms with Crippen molar-refractivity contribution in [2.45, 2.75) is 104 Å². The van der Waals surface area contributed by atoms with Gasteiger partial charge in [-0.3, -0.25) is 28.8 Å². The number of nitrogens with zero attached hydrogens (tertiary/aromatic N) is 3. The fourth-order valence-corrected chi connectivity index (χ4v) is 5.65. The van der Waals surface area contributed by atoms with E-state index in [0.717, 1.165) is 0 Å². The summed E-state index contributed by atoms with van der Waals surface area (Å²) in [5, 5.41) is 5.58. The predicted molar refractivity (Wildman–Crippen MR) is 161 cm³/mol. The van der Waals surface area contributed by atoms with Crippen molar-refractivity contribution in [3.63, 3.8) is 0 Å². The van der Waals surface area contributed by atoms with E-state index in [1.165, 1.54) is 27.8 Å². The Morgan fingerprint density at radius 2 is 1.56 bits per heavy atom. The van der Waals surface area contributed by atoms with Crippen LogP contribution in [0.25, 0.3) is 0 Å². The van der Waals surface area contributed by atoms with E-state index >= 15 is 0 Å². The lowest BCUT2D eigenvalue weighted by atomic mass is 9.92. The molecule has 0 radical (unpaired) electrons. The van der Waals surface area contributed by atoms with Gasteiger partial charge < -0.3 is 30.1 Å². The van der Waals surface area contributed by atoms with Crippen molar-refractivity contribution in [3.8, 4) is 0 Å². The van der Waals surface area contributed by atoms with Crippen LogP contribution in [-0.4, -0.2) is 108 Å². The van der Waals surface area contributed by atoms with Crippen molar-refractivity contribution in [1.29, 1.82) is 0 Å². The third-order valence-electron chi connectivity index (χ3n) is 9.10. The SMILES string of the molecule is C=CC[C@H]1OC(=O)CCNC(=O)[C@H](C)N(C)C(=O)C([C@@H](C)CC)N(C)C(=O)[C@H]([C@@H](C)CC)NC(=O)[C@@H]2C(C)CCN2C1=O. The van der Waals surface area contributed by atoms with E-state index in [2.05, 4.69) is 17.2 Å². The molecule has 0 bridgehead atoms. The molecule has 2 saturated heterocycles. The molecule has 2 heterocycles. The summed E-state index contributed by atoms with van der Waals surface area (Å²) in [5.74, 6) is -3.72. The maximum Gasteiger partial charge on any atom is 0.308 e. The van der Waals surface area contributed by atoms with Gasteiger partial charge in [0.1, 0.15) is 24.2 Å². The molecule has 0 aromatic carbocycles. The van der Waals surface area contributed by atoms with Gasteiger partial charge in [0.2, 0.25) is 23.6 Å². The molecule has 0 saturated carbocycles. The summed E-state index contributed by atoms with van der Waals surface area (Å²) in [5.41, 5.74) is 0. The van der Waals surface area contributed by atoms with Gasteiger partial charge in [0.05, 0.1) is 6.42 Å². The highest BCUT2D eigenvalue weighted by Crippen LogP contribution is 2.27. The number of hydrogen-bond acceptors (Lipinski definition) is 7. The Bertz CT molecular complexity index is 1070. The number of carbonyl (C=O) groups excluding carboxylic acids is 6. The molecule has 43 heavy (non-hydrogen) atoms. The van der Waals surface area contributed by atoms with Crippen LogP contribution >= 0.6 is 0 Å². The lowest BCUT2D eigenvalue weighted by Gasteiger charge is -2.39. The predicted octanol–water partition coefficient (Wildman–Crippen LogP) is 1.48. The number of amides is 5. The molecule has 2 fully saturated rings. The molecule has 12 nitrogen and oxygen atoms in total. The Hall–Kier alpha value is -3.44. The van der Waals surface area contributed by atoms with Gasteiger partial charge in [-0.05, 0) is 31.1 Å². The van der Waals surface area contributed by atoms with Gasteiger partial charge in [-0.1, -0.05) is 53.5 Å². The summed E-state index contributed by atoms with van der Waals surface area (Å²) in [7, 11) is 3.06. The second-order valence-electron chi connectivity index (χ2n) is 12.1. The quantitative estimate of drug-likeness (QED) is 0.345. The zero-order valence-corrected chi connectivity index (χ0v) is 27.1. The fraction of sp³-hybridized carbons (Fsp3) is 0.742. The van der Waals surface area contributed by atoms with E-state index in [1.54, 1.807) is 14.0 Å². The minimum absolute atomic E-state index is 0.0515. The molecule has 0 aromatic heterocycles. The number of fused-ring (bicyclic) bond motifs is 1. The van der Waals surface area contributed by atoms with E-state index < -0.39 is 65.8 Å². The number of rotatable bonds is 6. The number of esters is 1. The summed E-state index contributed by atoms with van der Waals surface area (Å²) in [4.78, 5) is 85.1. The second-order valence-corrected chi connectivity index (χ2v) is 12.1. The summed E-state index contributed by atoms with van der Waals surface area (Å²) in [6.07, 6.45) is 1.87. The van der Waals surface area contributed by atoms with Crippen molar-refractivity contribution in [3.05, 3.63) is 12.7 Å². The van der Waals surface area contributed by atoms with Gasteiger partial charge in [-0.25, -0.2) is 0 Å². The molecule has 2 unspecified atom stereocenters. The third-order valence-corrected chi connectivity index (χ3v) is 9.10. The molecule has 242 valence electrons. The van der Waals surface area contributed by atoms with Crippen LogP contribution in [0.1, 0.15) is 73.6 Å². The van der Waals surface area contributed by atoms with Crippen LogP contribution in [0.2, 0.25) is 0 Å². The van der Waals surface area contributed by atoms with E-state index in [-0.39, 0.29) is 43.7 Å². The molecule has 0 aliphatic carbocycles. The molecular weight excluding hydrogens is 554 g/mol. The minimum atomic E-state index is -1.18. The maximum atomic E-state index is 14.1. The van der Waals surface area contributed by atoms with Crippen molar-refractivity contribution >= 4 is 35.5 Å². The Morgan fingerprint density at radius 3 is 2.14 bits per heavy atom. The molecule has 0 spiro atoms. The monoisotopic (exact) mass is 605 g/mol. The smallest absolute Gasteiger partial charge is 0.308 e. The van der Waals surface area contributed by atoms with Gasteiger partial charge >= 0.3 is 5.97 Å². The van der Waals surface area contributed by atoms with E-state index in [1.807, 2.05) is 34.6 Å². The van der Waals surface area contributed by atoms with E-state index in [9.17, 15) is 28.8 Å². The Morgan fingerprint density at radius 1 is 0.930 bits per heavy atom. The molecule has 8 atom stereocenters. The lowest BCUT2D eigenvalue weighted by Crippen LogP contribution is -2.61. The van der Waals surface area contributed by atoms with Crippen LogP contribution in [0.15, 0.2) is 12.7 Å².